The van der Waals surface area contributed by atoms with Gasteiger partial charge in [-0.3, -0.25) is 0 Å². The summed E-state index contributed by atoms with van der Waals surface area (Å²) in [6, 6.07) is 11.2. The minimum Gasteiger partial charge on any atom is -0.493 e. The number of fused-ring (bicyclic) bond motifs is 1. The first-order chi connectivity index (χ1) is 14.6. The molecule has 2 aromatic heterocycles. The van der Waals surface area contributed by atoms with Crippen molar-refractivity contribution in [3.05, 3.63) is 54.2 Å². The van der Waals surface area contributed by atoms with Gasteiger partial charge in [-0.25, -0.2) is 9.97 Å². The lowest BCUT2D eigenvalue weighted by molar-refractivity contribution is 0.356. The van der Waals surface area contributed by atoms with Crippen molar-refractivity contribution in [3.63, 3.8) is 0 Å². The molecule has 0 amide bonds. The molecule has 0 radical (unpaired) electrons. The highest BCUT2D eigenvalue weighted by Gasteiger charge is 2.11. The molecule has 0 bridgehead atoms. The van der Waals surface area contributed by atoms with Gasteiger partial charge in [-0.1, -0.05) is 11.2 Å². The van der Waals surface area contributed by atoms with Gasteiger partial charge in [0.05, 0.1) is 25.4 Å². The third kappa shape index (κ3) is 3.77. The second-order valence-corrected chi connectivity index (χ2v) is 6.49. The predicted octanol–water partition coefficient (Wildman–Crippen LogP) is 5.41. The third-order valence-electron chi connectivity index (χ3n) is 4.51. The lowest BCUT2D eigenvalue weighted by atomic mass is 10.2. The topological polar surface area (TPSA) is 107 Å². The van der Waals surface area contributed by atoms with E-state index in [9.17, 15) is 0 Å². The van der Waals surface area contributed by atoms with Crippen molar-refractivity contribution >= 4 is 33.8 Å². The second-order valence-electron chi connectivity index (χ2n) is 6.49. The molecule has 9 nitrogen and oxygen atoms in total. The number of azo groups is 1. The van der Waals surface area contributed by atoms with Crippen molar-refractivity contribution in [1.29, 1.82) is 0 Å². The van der Waals surface area contributed by atoms with Crippen molar-refractivity contribution in [2.75, 3.05) is 19.5 Å². The number of aryl methyl sites for hydroxylation is 2. The standard InChI is InChI=1S/C21H20N6O3/c1-12-20(13(2)30-27-12)26-25-15-7-5-6-14(8-15)24-21-16-9-18(28-3)19(29-4)10-17(16)22-11-23-21/h5-11H,1-4H3,(H,22,23,24). The summed E-state index contributed by atoms with van der Waals surface area (Å²) in [4.78, 5) is 8.70. The van der Waals surface area contributed by atoms with Gasteiger partial charge in [0.1, 0.15) is 17.8 Å². The van der Waals surface area contributed by atoms with Gasteiger partial charge in [0.25, 0.3) is 0 Å². The number of anilines is 2. The van der Waals surface area contributed by atoms with E-state index in [0.29, 0.717) is 40.1 Å². The quantitative estimate of drug-likeness (QED) is 0.428. The third-order valence-corrected chi connectivity index (χ3v) is 4.51. The number of aromatic nitrogens is 3. The number of nitrogens with one attached hydrogen (secondary N) is 1. The Labute approximate surface area is 172 Å². The Morgan fingerprint density at radius 2 is 1.77 bits per heavy atom. The number of hydrogen-bond acceptors (Lipinski definition) is 9. The van der Waals surface area contributed by atoms with Gasteiger partial charge in [-0.05, 0) is 38.1 Å². The van der Waals surface area contributed by atoms with Crippen molar-refractivity contribution < 1.29 is 14.0 Å². The van der Waals surface area contributed by atoms with Crippen LogP contribution >= 0.6 is 0 Å². The highest BCUT2D eigenvalue weighted by Crippen LogP contribution is 2.35. The summed E-state index contributed by atoms with van der Waals surface area (Å²) in [6.07, 6.45) is 1.50. The summed E-state index contributed by atoms with van der Waals surface area (Å²) >= 11 is 0. The molecular weight excluding hydrogens is 384 g/mol. The maximum atomic E-state index is 5.41. The van der Waals surface area contributed by atoms with E-state index < -0.39 is 0 Å². The van der Waals surface area contributed by atoms with Crippen LogP contribution in [0.25, 0.3) is 10.9 Å². The van der Waals surface area contributed by atoms with Crippen LogP contribution in [-0.2, 0) is 0 Å². The fourth-order valence-electron chi connectivity index (χ4n) is 2.99. The maximum Gasteiger partial charge on any atom is 0.162 e. The average molecular weight is 404 g/mol. The Kier molecular flexibility index (Phi) is 5.25. The number of rotatable bonds is 6. The van der Waals surface area contributed by atoms with Crippen LogP contribution in [0.4, 0.5) is 22.9 Å². The molecule has 0 saturated heterocycles. The molecule has 0 fully saturated rings. The van der Waals surface area contributed by atoms with Crippen LogP contribution in [0, 0.1) is 13.8 Å². The van der Waals surface area contributed by atoms with E-state index in [1.54, 1.807) is 21.1 Å². The van der Waals surface area contributed by atoms with Crippen LogP contribution in [-0.4, -0.2) is 29.3 Å². The van der Waals surface area contributed by atoms with Crippen LogP contribution in [0.1, 0.15) is 11.5 Å². The fourth-order valence-corrected chi connectivity index (χ4v) is 2.99. The van der Waals surface area contributed by atoms with E-state index in [4.69, 9.17) is 14.0 Å². The van der Waals surface area contributed by atoms with Crippen LogP contribution in [0.15, 0.2) is 57.5 Å². The van der Waals surface area contributed by atoms with Crippen molar-refractivity contribution in [1.82, 2.24) is 15.1 Å². The fraction of sp³-hybridized carbons (Fsp3) is 0.190. The highest BCUT2D eigenvalue weighted by molar-refractivity contribution is 5.93. The smallest absolute Gasteiger partial charge is 0.162 e. The summed E-state index contributed by atoms with van der Waals surface area (Å²) in [5, 5.41) is 16.6. The van der Waals surface area contributed by atoms with Gasteiger partial charge in [0.15, 0.2) is 22.9 Å². The van der Waals surface area contributed by atoms with Crippen LogP contribution < -0.4 is 14.8 Å². The molecule has 0 aliphatic rings. The van der Waals surface area contributed by atoms with Gasteiger partial charge >= 0.3 is 0 Å². The molecule has 2 heterocycles. The highest BCUT2D eigenvalue weighted by atomic mass is 16.5. The molecule has 152 valence electrons. The SMILES string of the molecule is COc1cc2ncnc(Nc3cccc(N=Nc4c(C)noc4C)c3)c2cc1OC. The van der Waals surface area contributed by atoms with E-state index in [1.165, 1.54) is 6.33 Å². The monoisotopic (exact) mass is 404 g/mol. The summed E-state index contributed by atoms with van der Waals surface area (Å²) in [5.74, 6) is 2.48. The summed E-state index contributed by atoms with van der Waals surface area (Å²) in [5.41, 5.74) is 3.55. The summed E-state index contributed by atoms with van der Waals surface area (Å²) < 4.78 is 15.9. The molecule has 4 rings (SSSR count). The molecule has 0 unspecified atom stereocenters. The molecule has 0 spiro atoms. The molecule has 2 aromatic carbocycles. The lowest BCUT2D eigenvalue weighted by Gasteiger charge is -2.12. The Morgan fingerprint density at radius 1 is 0.967 bits per heavy atom. The number of hydrogen-bond donors (Lipinski definition) is 1. The van der Waals surface area contributed by atoms with Crippen molar-refractivity contribution in [2.24, 2.45) is 10.2 Å². The van der Waals surface area contributed by atoms with E-state index in [-0.39, 0.29) is 0 Å². The zero-order chi connectivity index (χ0) is 21.1. The van der Waals surface area contributed by atoms with E-state index in [1.807, 2.05) is 43.3 Å². The van der Waals surface area contributed by atoms with Crippen LogP contribution in [0.5, 0.6) is 11.5 Å². The second kappa shape index (κ2) is 8.16. The van der Waals surface area contributed by atoms with Crippen molar-refractivity contribution in [2.45, 2.75) is 13.8 Å². The van der Waals surface area contributed by atoms with E-state index in [0.717, 1.165) is 16.6 Å². The average Bonchev–Trinajstić information content (AvgIpc) is 3.09. The first kappa shape index (κ1) is 19.3. The van der Waals surface area contributed by atoms with Crippen LogP contribution in [0.2, 0.25) is 0 Å². The number of benzene rings is 2. The van der Waals surface area contributed by atoms with Gasteiger partial charge in [-0.15, -0.1) is 5.11 Å². The predicted molar refractivity (Wildman–Crippen MR) is 113 cm³/mol. The Hall–Kier alpha value is -4.01. The molecule has 9 heteroatoms. The lowest BCUT2D eigenvalue weighted by Crippen LogP contribution is -1.97. The molecule has 0 atom stereocenters. The summed E-state index contributed by atoms with van der Waals surface area (Å²) in [6.45, 7) is 3.63. The number of ether oxygens (including phenoxy) is 2. The molecule has 0 saturated carbocycles. The van der Waals surface area contributed by atoms with E-state index in [2.05, 4.69) is 30.7 Å². The number of nitrogens with zero attached hydrogens (tertiary/aromatic N) is 5. The van der Waals surface area contributed by atoms with Gasteiger partial charge in [0, 0.05) is 17.1 Å². The first-order valence-electron chi connectivity index (χ1n) is 9.17. The zero-order valence-electron chi connectivity index (χ0n) is 17.0. The largest absolute Gasteiger partial charge is 0.493 e. The minimum atomic E-state index is 0.602. The Balaban J connectivity index is 1.65. The number of methoxy groups -OCH3 is 2. The maximum absolute atomic E-state index is 5.41. The molecule has 0 aliphatic heterocycles. The molecule has 4 aromatic rings. The molecule has 30 heavy (non-hydrogen) atoms. The van der Waals surface area contributed by atoms with Gasteiger partial charge in [-0.2, -0.15) is 5.11 Å². The Bertz CT molecular complexity index is 1220. The molecule has 1 N–H and O–H groups in total. The normalized spacial score (nSPS) is 11.2. The van der Waals surface area contributed by atoms with Crippen LogP contribution in [0.3, 0.4) is 0 Å². The van der Waals surface area contributed by atoms with Gasteiger partial charge in [0.2, 0.25) is 0 Å². The zero-order valence-corrected chi connectivity index (χ0v) is 17.0. The Morgan fingerprint density at radius 3 is 2.50 bits per heavy atom. The van der Waals surface area contributed by atoms with E-state index >= 15 is 0 Å². The minimum absolute atomic E-state index is 0.602. The molecular formula is C21H20N6O3. The first-order valence-corrected chi connectivity index (χ1v) is 9.17. The van der Waals surface area contributed by atoms with Crippen molar-refractivity contribution in [3.8, 4) is 11.5 Å². The van der Waals surface area contributed by atoms with Gasteiger partial charge < -0.3 is 19.3 Å². The molecule has 0 aliphatic carbocycles. The summed E-state index contributed by atoms with van der Waals surface area (Å²) in [7, 11) is 3.18.